The average Bonchev–Trinajstić information content (AvgIpc) is 2.92. The summed E-state index contributed by atoms with van der Waals surface area (Å²) < 4.78 is 1.97. The van der Waals surface area contributed by atoms with Gasteiger partial charge in [-0.25, -0.2) is 4.98 Å². The molecule has 2 aromatic heterocycles. The maximum absolute atomic E-state index is 11.9. The second-order valence-corrected chi connectivity index (χ2v) is 4.43. The zero-order valence-corrected chi connectivity index (χ0v) is 11.0. The molecule has 2 aromatic rings. The SMILES string of the molecule is CCC(Cn1ccnc1)NC(=O)Cc1ccccn1. The molecule has 0 aliphatic rings. The number of nitrogens with zero attached hydrogens (tertiary/aromatic N) is 3. The van der Waals surface area contributed by atoms with Gasteiger partial charge in [-0.1, -0.05) is 13.0 Å². The standard InChI is InChI=1S/C14H18N4O/c1-2-12(10-18-8-7-15-11-18)17-14(19)9-13-5-3-4-6-16-13/h3-8,11-12H,2,9-10H2,1H3,(H,17,19). The number of carbonyl (C=O) groups excluding carboxylic acids is 1. The van der Waals surface area contributed by atoms with E-state index in [0.717, 1.165) is 18.7 Å². The zero-order chi connectivity index (χ0) is 13.5. The van der Waals surface area contributed by atoms with Gasteiger partial charge in [-0.15, -0.1) is 0 Å². The highest BCUT2D eigenvalue weighted by Gasteiger charge is 2.11. The van der Waals surface area contributed by atoms with Crippen molar-refractivity contribution in [2.45, 2.75) is 32.4 Å². The van der Waals surface area contributed by atoms with Crippen LogP contribution in [-0.4, -0.2) is 26.5 Å². The molecule has 5 nitrogen and oxygen atoms in total. The van der Waals surface area contributed by atoms with Crippen LogP contribution in [0.5, 0.6) is 0 Å². The number of amides is 1. The number of rotatable bonds is 6. The Balaban J connectivity index is 1.86. The molecule has 0 radical (unpaired) electrons. The molecular weight excluding hydrogens is 240 g/mol. The van der Waals surface area contributed by atoms with Gasteiger partial charge < -0.3 is 9.88 Å². The molecule has 0 aliphatic heterocycles. The second kappa shape index (κ2) is 6.68. The Kier molecular flexibility index (Phi) is 4.66. The summed E-state index contributed by atoms with van der Waals surface area (Å²) in [5.41, 5.74) is 0.789. The van der Waals surface area contributed by atoms with Gasteiger partial charge in [-0.3, -0.25) is 9.78 Å². The van der Waals surface area contributed by atoms with Crippen LogP contribution in [0.3, 0.4) is 0 Å². The van der Waals surface area contributed by atoms with Gasteiger partial charge in [0.2, 0.25) is 5.91 Å². The highest BCUT2D eigenvalue weighted by atomic mass is 16.1. The van der Waals surface area contributed by atoms with Gasteiger partial charge in [0.15, 0.2) is 0 Å². The molecule has 5 heteroatoms. The topological polar surface area (TPSA) is 59.8 Å². The van der Waals surface area contributed by atoms with Crippen LogP contribution < -0.4 is 5.32 Å². The average molecular weight is 258 g/mol. The van der Waals surface area contributed by atoms with E-state index in [0.29, 0.717) is 6.42 Å². The predicted molar refractivity (Wildman–Crippen MR) is 72.4 cm³/mol. The Morgan fingerprint density at radius 2 is 2.32 bits per heavy atom. The molecule has 0 fully saturated rings. The lowest BCUT2D eigenvalue weighted by Crippen LogP contribution is -2.38. The lowest BCUT2D eigenvalue weighted by Gasteiger charge is -2.17. The molecule has 1 amide bonds. The summed E-state index contributed by atoms with van der Waals surface area (Å²) in [5, 5.41) is 3.03. The van der Waals surface area contributed by atoms with E-state index in [4.69, 9.17) is 0 Å². The predicted octanol–water partition coefficient (Wildman–Crippen LogP) is 1.42. The normalized spacial score (nSPS) is 12.1. The van der Waals surface area contributed by atoms with Crippen LogP contribution in [-0.2, 0) is 17.8 Å². The smallest absolute Gasteiger partial charge is 0.226 e. The largest absolute Gasteiger partial charge is 0.351 e. The van der Waals surface area contributed by atoms with Gasteiger partial charge in [0, 0.05) is 36.9 Å². The Hall–Kier alpha value is -2.17. The molecule has 19 heavy (non-hydrogen) atoms. The first-order chi connectivity index (χ1) is 9.28. The minimum absolute atomic E-state index is 0.00525. The molecule has 0 spiro atoms. The lowest BCUT2D eigenvalue weighted by molar-refractivity contribution is -0.121. The Bertz CT molecular complexity index is 495. The monoisotopic (exact) mass is 258 g/mol. The van der Waals surface area contributed by atoms with Crippen LogP contribution in [0.25, 0.3) is 0 Å². The molecule has 2 rings (SSSR count). The van der Waals surface area contributed by atoms with Gasteiger partial charge in [-0.2, -0.15) is 0 Å². The number of nitrogens with one attached hydrogen (secondary N) is 1. The number of carbonyl (C=O) groups is 1. The summed E-state index contributed by atoms with van der Waals surface area (Å²) in [5.74, 6) is 0.00525. The van der Waals surface area contributed by atoms with Gasteiger partial charge in [0.25, 0.3) is 0 Å². The van der Waals surface area contributed by atoms with Crippen LogP contribution >= 0.6 is 0 Å². The fourth-order valence-electron chi connectivity index (χ4n) is 1.87. The summed E-state index contributed by atoms with van der Waals surface area (Å²) in [7, 11) is 0. The van der Waals surface area contributed by atoms with Crippen molar-refractivity contribution in [2.24, 2.45) is 0 Å². The van der Waals surface area contributed by atoms with Gasteiger partial charge >= 0.3 is 0 Å². The summed E-state index contributed by atoms with van der Waals surface area (Å²) in [6.07, 6.45) is 8.29. The highest BCUT2D eigenvalue weighted by molar-refractivity contribution is 5.78. The first kappa shape index (κ1) is 13.3. The number of aromatic nitrogens is 3. The fraction of sp³-hybridized carbons (Fsp3) is 0.357. The number of pyridine rings is 1. The minimum Gasteiger partial charge on any atom is -0.351 e. The minimum atomic E-state index is 0.00525. The number of imidazole rings is 1. The van der Waals surface area contributed by atoms with E-state index in [1.807, 2.05) is 29.0 Å². The maximum atomic E-state index is 11.9. The third kappa shape index (κ3) is 4.21. The Morgan fingerprint density at radius 1 is 1.42 bits per heavy atom. The van der Waals surface area contributed by atoms with E-state index in [-0.39, 0.29) is 11.9 Å². The molecule has 0 aromatic carbocycles. The van der Waals surface area contributed by atoms with Crippen LogP contribution in [0, 0.1) is 0 Å². The molecule has 0 aliphatic carbocycles. The van der Waals surface area contributed by atoms with E-state index in [1.165, 1.54) is 0 Å². The maximum Gasteiger partial charge on any atom is 0.226 e. The summed E-state index contributed by atoms with van der Waals surface area (Å²) in [6, 6.07) is 5.70. The molecule has 0 saturated carbocycles. The summed E-state index contributed by atoms with van der Waals surface area (Å²) in [4.78, 5) is 20.1. The van der Waals surface area contributed by atoms with Gasteiger partial charge in [0.05, 0.1) is 12.7 Å². The van der Waals surface area contributed by atoms with E-state index in [2.05, 4.69) is 22.2 Å². The third-order valence-electron chi connectivity index (χ3n) is 2.92. The van der Waals surface area contributed by atoms with Crippen molar-refractivity contribution in [3.05, 3.63) is 48.8 Å². The van der Waals surface area contributed by atoms with E-state index >= 15 is 0 Å². The second-order valence-electron chi connectivity index (χ2n) is 4.43. The first-order valence-corrected chi connectivity index (χ1v) is 6.43. The third-order valence-corrected chi connectivity index (χ3v) is 2.92. The van der Waals surface area contributed by atoms with E-state index in [1.54, 1.807) is 18.7 Å². The summed E-state index contributed by atoms with van der Waals surface area (Å²) >= 11 is 0. The van der Waals surface area contributed by atoms with Crippen LogP contribution in [0.1, 0.15) is 19.0 Å². The quantitative estimate of drug-likeness (QED) is 0.852. The van der Waals surface area contributed by atoms with Crippen LogP contribution in [0.15, 0.2) is 43.1 Å². The molecule has 100 valence electrons. The van der Waals surface area contributed by atoms with Crippen molar-refractivity contribution >= 4 is 5.91 Å². The molecule has 2 heterocycles. The van der Waals surface area contributed by atoms with Crippen molar-refractivity contribution in [2.75, 3.05) is 0 Å². The van der Waals surface area contributed by atoms with E-state index in [9.17, 15) is 4.79 Å². The molecule has 0 bridgehead atoms. The number of hydrogen-bond donors (Lipinski definition) is 1. The van der Waals surface area contributed by atoms with Crippen molar-refractivity contribution in [3.63, 3.8) is 0 Å². The first-order valence-electron chi connectivity index (χ1n) is 6.43. The van der Waals surface area contributed by atoms with Gasteiger partial charge in [0.1, 0.15) is 0 Å². The van der Waals surface area contributed by atoms with E-state index < -0.39 is 0 Å². The molecule has 1 N–H and O–H groups in total. The molecule has 1 atom stereocenters. The number of hydrogen-bond acceptors (Lipinski definition) is 3. The van der Waals surface area contributed by atoms with Crippen molar-refractivity contribution in [3.8, 4) is 0 Å². The Labute approximate surface area is 112 Å². The highest BCUT2D eigenvalue weighted by Crippen LogP contribution is 1.99. The van der Waals surface area contributed by atoms with Gasteiger partial charge in [-0.05, 0) is 18.6 Å². The Morgan fingerprint density at radius 3 is 2.95 bits per heavy atom. The van der Waals surface area contributed by atoms with Crippen molar-refractivity contribution in [1.82, 2.24) is 19.9 Å². The van der Waals surface area contributed by atoms with Crippen molar-refractivity contribution < 1.29 is 4.79 Å². The van der Waals surface area contributed by atoms with Crippen LogP contribution in [0.2, 0.25) is 0 Å². The van der Waals surface area contributed by atoms with Crippen LogP contribution in [0.4, 0.5) is 0 Å². The molecule has 0 saturated heterocycles. The van der Waals surface area contributed by atoms with Crippen molar-refractivity contribution in [1.29, 1.82) is 0 Å². The fourth-order valence-corrected chi connectivity index (χ4v) is 1.87. The summed E-state index contributed by atoms with van der Waals surface area (Å²) in [6.45, 7) is 2.80. The molecule has 1 unspecified atom stereocenters. The zero-order valence-electron chi connectivity index (χ0n) is 11.0. The lowest BCUT2D eigenvalue weighted by atomic mass is 10.2. The molecular formula is C14H18N4O.